The second-order valence-electron chi connectivity index (χ2n) is 3.87. The standard InChI is InChI=1S/C11H13F3O3S/c1-2-9(15)7-18(16,17)10-5-3-4-8(6-10)11(12,13)14/h3-6,9,15H,2,7H2,1H3. The number of benzene rings is 1. The average Bonchev–Trinajstić information content (AvgIpc) is 2.27. The molecule has 0 aromatic heterocycles. The van der Waals surface area contributed by atoms with E-state index < -0.39 is 38.3 Å². The van der Waals surface area contributed by atoms with Gasteiger partial charge in [0.1, 0.15) is 0 Å². The largest absolute Gasteiger partial charge is 0.416 e. The molecule has 0 fully saturated rings. The summed E-state index contributed by atoms with van der Waals surface area (Å²) in [5, 5.41) is 9.28. The molecule has 3 nitrogen and oxygen atoms in total. The van der Waals surface area contributed by atoms with Crippen LogP contribution in [0.5, 0.6) is 0 Å². The maximum atomic E-state index is 12.4. The summed E-state index contributed by atoms with van der Waals surface area (Å²) in [5.41, 5.74) is -1.02. The Balaban J connectivity index is 3.11. The molecule has 1 aromatic rings. The number of sulfone groups is 1. The van der Waals surface area contributed by atoms with Crippen LogP contribution >= 0.6 is 0 Å². The first-order valence-corrected chi connectivity index (χ1v) is 6.90. The fourth-order valence-corrected chi connectivity index (χ4v) is 2.86. The highest BCUT2D eigenvalue weighted by Gasteiger charge is 2.31. The van der Waals surface area contributed by atoms with Crippen LogP contribution in [-0.2, 0) is 16.0 Å². The molecule has 0 amide bonds. The van der Waals surface area contributed by atoms with E-state index in [1.54, 1.807) is 6.92 Å². The summed E-state index contributed by atoms with van der Waals surface area (Å²) in [6.45, 7) is 1.59. The van der Waals surface area contributed by atoms with E-state index in [1.165, 1.54) is 0 Å². The average molecular weight is 282 g/mol. The fraction of sp³-hybridized carbons (Fsp3) is 0.455. The molecule has 0 aliphatic heterocycles. The molecule has 0 saturated carbocycles. The molecule has 1 rings (SSSR count). The Morgan fingerprint density at radius 3 is 2.44 bits per heavy atom. The molecule has 0 heterocycles. The van der Waals surface area contributed by atoms with Gasteiger partial charge in [0.05, 0.1) is 22.3 Å². The molecule has 0 spiro atoms. The fourth-order valence-electron chi connectivity index (χ4n) is 1.33. The Hall–Kier alpha value is -1.08. The lowest BCUT2D eigenvalue weighted by molar-refractivity contribution is -0.137. The van der Waals surface area contributed by atoms with E-state index >= 15 is 0 Å². The Morgan fingerprint density at radius 2 is 1.94 bits per heavy atom. The third kappa shape index (κ3) is 3.71. The number of hydrogen-bond donors (Lipinski definition) is 1. The molecule has 1 N–H and O–H groups in total. The van der Waals surface area contributed by atoms with E-state index in [2.05, 4.69) is 0 Å². The van der Waals surface area contributed by atoms with Gasteiger partial charge in [-0.3, -0.25) is 0 Å². The molecular weight excluding hydrogens is 269 g/mol. The van der Waals surface area contributed by atoms with Gasteiger partial charge < -0.3 is 5.11 Å². The van der Waals surface area contributed by atoms with Crippen molar-refractivity contribution in [3.05, 3.63) is 29.8 Å². The minimum atomic E-state index is -4.59. The SMILES string of the molecule is CCC(O)CS(=O)(=O)c1cccc(C(F)(F)F)c1. The van der Waals surface area contributed by atoms with Crippen molar-refractivity contribution in [3.8, 4) is 0 Å². The zero-order valence-corrected chi connectivity index (χ0v) is 10.4. The first-order valence-electron chi connectivity index (χ1n) is 5.25. The van der Waals surface area contributed by atoms with Crippen molar-refractivity contribution in [2.24, 2.45) is 0 Å². The predicted molar refractivity (Wildman–Crippen MR) is 59.8 cm³/mol. The summed E-state index contributed by atoms with van der Waals surface area (Å²) < 4.78 is 60.8. The van der Waals surface area contributed by atoms with Crippen LogP contribution in [0.3, 0.4) is 0 Å². The highest BCUT2D eigenvalue weighted by molar-refractivity contribution is 7.91. The summed E-state index contributed by atoms with van der Waals surface area (Å²) in [5.74, 6) is -0.579. The van der Waals surface area contributed by atoms with Crippen molar-refractivity contribution in [1.82, 2.24) is 0 Å². The molecule has 18 heavy (non-hydrogen) atoms. The Morgan fingerprint density at radius 1 is 1.33 bits per heavy atom. The summed E-state index contributed by atoms with van der Waals surface area (Å²) in [7, 11) is -3.90. The number of hydrogen-bond acceptors (Lipinski definition) is 3. The molecule has 7 heteroatoms. The van der Waals surface area contributed by atoms with E-state index in [9.17, 15) is 26.7 Å². The van der Waals surface area contributed by atoms with Gasteiger partial charge in [-0.15, -0.1) is 0 Å². The zero-order valence-electron chi connectivity index (χ0n) is 9.61. The van der Waals surface area contributed by atoms with Crippen molar-refractivity contribution in [2.75, 3.05) is 5.75 Å². The third-order valence-corrected chi connectivity index (χ3v) is 4.20. The van der Waals surface area contributed by atoms with Gasteiger partial charge in [-0.25, -0.2) is 8.42 Å². The van der Waals surface area contributed by atoms with Crippen molar-refractivity contribution in [3.63, 3.8) is 0 Å². The van der Waals surface area contributed by atoms with E-state index in [-0.39, 0.29) is 6.42 Å². The summed E-state index contributed by atoms with van der Waals surface area (Å²) >= 11 is 0. The van der Waals surface area contributed by atoms with Crippen molar-refractivity contribution in [1.29, 1.82) is 0 Å². The maximum absolute atomic E-state index is 12.4. The molecule has 102 valence electrons. The van der Waals surface area contributed by atoms with Crippen molar-refractivity contribution in [2.45, 2.75) is 30.5 Å². The molecule has 1 unspecified atom stereocenters. The molecule has 0 radical (unpaired) electrons. The number of alkyl halides is 3. The normalized spacial score (nSPS) is 14.5. The molecule has 1 atom stereocenters. The van der Waals surface area contributed by atoms with Crippen LogP contribution in [0, 0.1) is 0 Å². The first-order chi connectivity index (χ1) is 8.16. The second kappa shape index (κ2) is 5.27. The minimum Gasteiger partial charge on any atom is -0.392 e. The monoisotopic (exact) mass is 282 g/mol. The minimum absolute atomic E-state index is 0.220. The lowest BCUT2D eigenvalue weighted by Crippen LogP contribution is -2.20. The number of rotatable bonds is 4. The zero-order chi connectivity index (χ0) is 14.0. The van der Waals surface area contributed by atoms with Crippen LogP contribution in [0.2, 0.25) is 0 Å². The lowest BCUT2D eigenvalue weighted by atomic mass is 10.2. The van der Waals surface area contributed by atoms with Gasteiger partial charge in [-0.1, -0.05) is 13.0 Å². The molecule has 0 aliphatic carbocycles. The predicted octanol–water partition coefficient (Wildman–Crippen LogP) is 2.25. The second-order valence-corrected chi connectivity index (χ2v) is 5.90. The number of aliphatic hydroxyl groups is 1. The van der Waals surface area contributed by atoms with Crippen LogP contribution in [-0.4, -0.2) is 25.4 Å². The smallest absolute Gasteiger partial charge is 0.392 e. The third-order valence-electron chi connectivity index (χ3n) is 2.40. The van der Waals surface area contributed by atoms with Crippen LogP contribution in [0.15, 0.2) is 29.2 Å². The Bertz CT molecular complexity index is 509. The first kappa shape index (κ1) is 15.0. The Kier molecular flexibility index (Phi) is 4.39. The van der Waals surface area contributed by atoms with Crippen molar-refractivity contribution >= 4 is 9.84 Å². The van der Waals surface area contributed by atoms with Crippen LogP contribution < -0.4 is 0 Å². The summed E-state index contributed by atoms with van der Waals surface area (Å²) in [6.07, 6.45) is -5.45. The van der Waals surface area contributed by atoms with E-state index in [0.717, 1.165) is 18.2 Å². The van der Waals surface area contributed by atoms with E-state index in [0.29, 0.717) is 6.07 Å². The summed E-state index contributed by atoms with van der Waals surface area (Å²) in [6, 6.07) is 3.51. The molecular formula is C11H13F3O3S. The number of halogens is 3. The van der Waals surface area contributed by atoms with Gasteiger partial charge in [0.25, 0.3) is 0 Å². The van der Waals surface area contributed by atoms with E-state index in [4.69, 9.17) is 0 Å². The number of aliphatic hydroxyl groups excluding tert-OH is 1. The van der Waals surface area contributed by atoms with E-state index in [1.807, 2.05) is 0 Å². The highest BCUT2D eigenvalue weighted by atomic mass is 32.2. The van der Waals surface area contributed by atoms with Crippen LogP contribution in [0.25, 0.3) is 0 Å². The van der Waals surface area contributed by atoms with Gasteiger partial charge in [-0.2, -0.15) is 13.2 Å². The van der Waals surface area contributed by atoms with Gasteiger partial charge in [0.15, 0.2) is 9.84 Å². The van der Waals surface area contributed by atoms with Gasteiger partial charge in [0.2, 0.25) is 0 Å². The Labute approximate surface area is 103 Å². The molecule has 0 bridgehead atoms. The molecule has 1 aromatic carbocycles. The van der Waals surface area contributed by atoms with Gasteiger partial charge >= 0.3 is 6.18 Å². The quantitative estimate of drug-likeness (QED) is 0.921. The van der Waals surface area contributed by atoms with Gasteiger partial charge in [-0.05, 0) is 24.6 Å². The lowest BCUT2D eigenvalue weighted by Gasteiger charge is -2.11. The topological polar surface area (TPSA) is 54.4 Å². The van der Waals surface area contributed by atoms with Gasteiger partial charge in [0, 0.05) is 0 Å². The highest BCUT2D eigenvalue weighted by Crippen LogP contribution is 2.30. The van der Waals surface area contributed by atoms with Crippen molar-refractivity contribution < 1.29 is 26.7 Å². The van der Waals surface area contributed by atoms with Crippen LogP contribution in [0.4, 0.5) is 13.2 Å². The molecule has 0 saturated heterocycles. The maximum Gasteiger partial charge on any atom is 0.416 e. The summed E-state index contributed by atoms with van der Waals surface area (Å²) in [4.78, 5) is -0.426. The van der Waals surface area contributed by atoms with Crippen LogP contribution in [0.1, 0.15) is 18.9 Å². The molecule has 0 aliphatic rings.